The molecule has 0 saturated heterocycles. The molecule has 0 spiro atoms. The first kappa shape index (κ1) is 12.4. The molecular weight excluding hydrogens is 240 g/mol. The van der Waals surface area contributed by atoms with Gasteiger partial charge in [-0.3, -0.25) is 9.59 Å². The molecule has 100 valence electrons. The van der Waals surface area contributed by atoms with E-state index in [4.69, 9.17) is 0 Å². The monoisotopic (exact) mass is 258 g/mol. The van der Waals surface area contributed by atoms with E-state index in [1.165, 1.54) is 0 Å². The van der Waals surface area contributed by atoms with E-state index < -0.39 is 5.92 Å². The van der Waals surface area contributed by atoms with Gasteiger partial charge in [-0.25, -0.2) is 0 Å². The van der Waals surface area contributed by atoms with Gasteiger partial charge in [0.25, 0.3) is 0 Å². The van der Waals surface area contributed by atoms with Crippen molar-refractivity contribution in [1.82, 2.24) is 0 Å². The SMILES string of the molecule is CC1CCC(=O)C(c2cc(O)ccc2C2CC2)C1=O. The van der Waals surface area contributed by atoms with Gasteiger partial charge in [0.15, 0.2) is 5.78 Å². The quantitative estimate of drug-likeness (QED) is 0.830. The van der Waals surface area contributed by atoms with Crippen LogP contribution in [-0.2, 0) is 9.59 Å². The Bertz CT molecular complexity index is 543. The molecule has 2 aliphatic rings. The van der Waals surface area contributed by atoms with Gasteiger partial charge in [0.1, 0.15) is 17.5 Å². The predicted octanol–water partition coefficient (Wildman–Crippen LogP) is 2.92. The van der Waals surface area contributed by atoms with Gasteiger partial charge in [-0.2, -0.15) is 0 Å². The zero-order chi connectivity index (χ0) is 13.6. The molecule has 2 unspecified atom stereocenters. The van der Waals surface area contributed by atoms with Gasteiger partial charge in [0, 0.05) is 12.3 Å². The molecule has 19 heavy (non-hydrogen) atoms. The van der Waals surface area contributed by atoms with Crippen LogP contribution in [0.4, 0.5) is 0 Å². The van der Waals surface area contributed by atoms with Crippen molar-refractivity contribution in [2.24, 2.45) is 5.92 Å². The molecule has 1 aromatic rings. The summed E-state index contributed by atoms with van der Waals surface area (Å²) in [6.07, 6.45) is 3.36. The summed E-state index contributed by atoms with van der Waals surface area (Å²) >= 11 is 0. The number of phenols is 1. The molecule has 2 saturated carbocycles. The van der Waals surface area contributed by atoms with Crippen molar-refractivity contribution < 1.29 is 14.7 Å². The zero-order valence-corrected chi connectivity index (χ0v) is 11.1. The van der Waals surface area contributed by atoms with E-state index in [-0.39, 0.29) is 23.2 Å². The van der Waals surface area contributed by atoms with Crippen molar-refractivity contribution in [2.45, 2.75) is 44.4 Å². The van der Waals surface area contributed by atoms with Gasteiger partial charge in [0.05, 0.1) is 0 Å². The van der Waals surface area contributed by atoms with Crippen LogP contribution >= 0.6 is 0 Å². The van der Waals surface area contributed by atoms with Crippen LogP contribution in [0.25, 0.3) is 0 Å². The number of rotatable bonds is 2. The van der Waals surface area contributed by atoms with Gasteiger partial charge in [-0.05, 0) is 48.4 Å². The number of carbonyl (C=O) groups excluding carboxylic acids is 2. The molecule has 3 nitrogen and oxygen atoms in total. The largest absolute Gasteiger partial charge is 0.508 e. The maximum absolute atomic E-state index is 12.3. The number of benzene rings is 1. The Hall–Kier alpha value is -1.64. The molecule has 3 heteroatoms. The third-order valence-electron chi connectivity index (χ3n) is 4.31. The molecule has 0 heterocycles. The van der Waals surface area contributed by atoms with Crippen molar-refractivity contribution in [1.29, 1.82) is 0 Å². The van der Waals surface area contributed by atoms with E-state index in [2.05, 4.69) is 0 Å². The van der Waals surface area contributed by atoms with Crippen molar-refractivity contribution in [3.8, 4) is 5.75 Å². The average molecular weight is 258 g/mol. The van der Waals surface area contributed by atoms with Gasteiger partial charge in [-0.1, -0.05) is 13.0 Å². The molecule has 2 aliphatic carbocycles. The number of hydrogen-bond acceptors (Lipinski definition) is 3. The Morgan fingerprint density at radius 2 is 1.84 bits per heavy atom. The second-order valence-electron chi connectivity index (χ2n) is 5.83. The highest BCUT2D eigenvalue weighted by molar-refractivity contribution is 6.10. The van der Waals surface area contributed by atoms with Crippen LogP contribution in [0.1, 0.15) is 55.6 Å². The average Bonchev–Trinajstić information content (AvgIpc) is 3.19. The predicted molar refractivity (Wildman–Crippen MR) is 71.2 cm³/mol. The van der Waals surface area contributed by atoms with Crippen LogP contribution in [0, 0.1) is 5.92 Å². The Balaban J connectivity index is 2.06. The summed E-state index contributed by atoms with van der Waals surface area (Å²) in [6, 6.07) is 5.15. The standard InChI is InChI=1S/C16H18O3/c1-9-2-7-14(18)15(16(9)19)13-8-11(17)5-6-12(13)10-3-4-10/h5-6,8-10,15,17H,2-4,7H2,1H3. The number of aromatic hydroxyl groups is 1. The van der Waals surface area contributed by atoms with Crippen molar-refractivity contribution in [3.05, 3.63) is 29.3 Å². The lowest BCUT2D eigenvalue weighted by atomic mass is 9.75. The number of carbonyl (C=O) groups is 2. The van der Waals surface area contributed by atoms with E-state index in [9.17, 15) is 14.7 Å². The van der Waals surface area contributed by atoms with Crippen LogP contribution in [0.2, 0.25) is 0 Å². The lowest BCUT2D eigenvalue weighted by Gasteiger charge is -2.26. The minimum Gasteiger partial charge on any atom is -0.508 e. The second-order valence-corrected chi connectivity index (χ2v) is 5.83. The highest BCUT2D eigenvalue weighted by atomic mass is 16.3. The molecule has 1 aromatic carbocycles. The summed E-state index contributed by atoms with van der Waals surface area (Å²) < 4.78 is 0. The fraction of sp³-hybridized carbons (Fsp3) is 0.500. The molecule has 2 fully saturated rings. The minimum atomic E-state index is -0.647. The summed E-state index contributed by atoms with van der Waals surface area (Å²) in [5.74, 6) is -0.0745. The lowest BCUT2D eigenvalue weighted by molar-refractivity contribution is -0.134. The van der Waals surface area contributed by atoms with Gasteiger partial charge >= 0.3 is 0 Å². The number of ketones is 2. The first-order chi connectivity index (χ1) is 9.08. The number of Topliss-reactive ketones (excluding diaryl/α,β-unsaturated/α-hetero) is 2. The van der Waals surface area contributed by atoms with E-state index >= 15 is 0 Å². The van der Waals surface area contributed by atoms with Crippen LogP contribution in [-0.4, -0.2) is 16.7 Å². The molecule has 0 radical (unpaired) electrons. The van der Waals surface area contributed by atoms with Gasteiger partial charge < -0.3 is 5.11 Å². The Morgan fingerprint density at radius 1 is 1.11 bits per heavy atom. The van der Waals surface area contributed by atoms with Gasteiger partial charge in [-0.15, -0.1) is 0 Å². The molecule has 2 atom stereocenters. The first-order valence-corrected chi connectivity index (χ1v) is 6.97. The van der Waals surface area contributed by atoms with Crippen LogP contribution < -0.4 is 0 Å². The number of phenolic OH excluding ortho intramolecular Hbond substituents is 1. The fourth-order valence-corrected chi connectivity index (χ4v) is 2.99. The molecular formula is C16H18O3. The zero-order valence-electron chi connectivity index (χ0n) is 11.1. The van der Waals surface area contributed by atoms with Crippen molar-refractivity contribution in [2.75, 3.05) is 0 Å². The summed E-state index contributed by atoms with van der Waals surface area (Å²) in [7, 11) is 0. The summed E-state index contributed by atoms with van der Waals surface area (Å²) in [5.41, 5.74) is 1.84. The number of hydrogen-bond donors (Lipinski definition) is 1. The van der Waals surface area contributed by atoms with E-state index in [1.54, 1.807) is 12.1 Å². The molecule has 0 aromatic heterocycles. The van der Waals surface area contributed by atoms with Crippen LogP contribution in [0.15, 0.2) is 18.2 Å². The Morgan fingerprint density at radius 3 is 2.53 bits per heavy atom. The molecule has 0 amide bonds. The van der Waals surface area contributed by atoms with Crippen LogP contribution in [0.5, 0.6) is 5.75 Å². The van der Waals surface area contributed by atoms with Crippen molar-refractivity contribution in [3.63, 3.8) is 0 Å². The molecule has 0 aliphatic heterocycles. The third kappa shape index (κ3) is 2.18. The normalized spacial score (nSPS) is 27.6. The van der Waals surface area contributed by atoms with Gasteiger partial charge in [0.2, 0.25) is 0 Å². The second kappa shape index (κ2) is 4.48. The van der Waals surface area contributed by atoms with Crippen LogP contribution in [0.3, 0.4) is 0 Å². The lowest BCUT2D eigenvalue weighted by Crippen LogP contribution is -2.32. The van der Waals surface area contributed by atoms with E-state index in [0.717, 1.165) is 24.0 Å². The minimum absolute atomic E-state index is 0.00981. The maximum Gasteiger partial charge on any atom is 0.150 e. The smallest absolute Gasteiger partial charge is 0.150 e. The molecule has 1 N–H and O–H groups in total. The Kier molecular flexibility index (Phi) is 2.92. The van der Waals surface area contributed by atoms with E-state index in [0.29, 0.717) is 18.8 Å². The first-order valence-electron chi connectivity index (χ1n) is 6.97. The highest BCUT2D eigenvalue weighted by Gasteiger charge is 2.39. The molecule has 0 bridgehead atoms. The summed E-state index contributed by atoms with van der Waals surface area (Å²) in [6.45, 7) is 1.89. The summed E-state index contributed by atoms with van der Waals surface area (Å²) in [4.78, 5) is 24.5. The summed E-state index contributed by atoms with van der Waals surface area (Å²) in [5, 5.41) is 9.69. The molecule has 3 rings (SSSR count). The third-order valence-corrected chi connectivity index (χ3v) is 4.31. The fourth-order valence-electron chi connectivity index (χ4n) is 2.99. The van der Waals surface area contributed by atoms with Crippen molar-refractivity contribution >= 4 is 11.6 Å². The highest BCUT2D eigenvalue weighted by Crippen LogP contribution is 2.45. The Labute approximate surface area is 112 Å². The van der Waals surface area contributed by atoms with E-state index in [1.807, 2.05) is 13.0 Å². The maximum atomic E-state index is 12.3. The topological polar surface area (TPSA) is 54.4 Å².